The molecule has 0 bridgehead atoms. The number of nitrogens with zero attached hydrogens (tertiary/aromatic N) is 1. The van der Waals surface area contributed by atoms with Crippen LogP contribution < -0.4 is 0 Å². The van der Waals surface area contributed by atoms with Crippen LogP contribution in [0.1, 0.15) is 181 Å². The number of hydrogen-bond donors (Lipinski definition) is 1. The molecule has 9 nitrogen and oxygen atoms in total. The lowest BCUT2D eigenvalue weighted by Crippen LogP contribution is -2.37. The number of unbranched alkanes of at least 4 members (excludes halogenated alkanes) is 15. The number of likely N-dealkylation sites (N-methyl/N-ethyl adjacent to an activating group) is 1. The van der Waals surface area contributed by atoms with Gasteiger partial charge in [0.2, 0.25) is 0 Å². The van der Waals surface area contributed by atoms with E-state index in [0.717, 1.165) is 109 Å². The summed E-state index contributed by atoms with van der Waals surface area (Å²) in [4.78, 5) is 35.5. The number of ether oxygens (including phenoxy) is 2. The third kappa shape index (κ3) is 46.7. The van der Waals surface area contributed by atoms with Crippen molar-refractivity contribution in [3.05, 3.63) is 85.1 Å². The summed E-state index contributed by atoms with van der Waals surface area (Å²) in [5.41, 5.74) is 0. The average Bonchev–Trinajstić information content (AvgIpc) is 3.23. The van der Waals surface area contributed by atoms with Gasteiger partial charge in [0.05, 0.1) is 27.7 Å². The lowest BCUT2D eigenvalue weighted by molar-refractivity contribution is -0.870. The van der Waals surface area contributed by atoms with E-state index in [4.69, 9.17) is 18.5 Å². The summed E-state index contributed by atoms with van der Waals surface area (Å²) < 4.78 is 34.4. The standard InChI is InChI=1S/C52H90NO8P/c1-6-8-10-12-14-16-18-20-22-24-26-28-30-32-34-36-38-40-42-44-51(54)58-48-50(49-60-62(56,57)59-47-46-53(3,4)5)61-52(55)45-43-41-39-37-35-33-31-29-27-25-23-21-19-17-15-13-11-9-7-2/h9,11,14-17,20-23,26-29,50H,6-8,10,12-13,18-19,24-25,30-49H2,1-5H3/p+1/b11-9-,16-14-,17-15-,22-20-,23-21-,28-26-,29-27-. The maximum absolute atomic E-state index is 12.7. The van der Waals surface area contributed by atoms with E-state index in [9.17, 15) is 19.0 Å². The van der Waals surface area contributed by atoms with Crippen molar-refractivity contribution >= 4 is 19.8 Å². The van der Waals surface area contributed by atoms with E-state index in [-0.39, 0.29) is 32.0 Å². The van der Waals surface area contributed by atoms with Gasteiger partial charge in [0.15, 0.2) is 6.10 Å². The first-order chi connectivity index (χ1) is 30.0. The summed E-state index contributed by atoms with van der Waals surface area (Å²) >= 11 is 0. The second-order valence-corrected chi connectivity index (χ2v) is 18.6. The van der Waals surface area contributed by atoms with E-state index < -0.39 is 26.5 Å². The van der Waals surface area contributed by atoms with Crippen LogP contribution in [0, 0.1) is 0 Å². The number of allylic oxidation sites excluding steroid dienone is 14. The molecule has 0 heterocycles. The van der Waals surface area contributed by atoms with Gasteiger partial charge in [-0.25, -0.2) is 4.57 Å². The van der Waals surface area contributed by atoms with Gasteiger partial charge in [0.1, 0.15) is 19.8 Å². The fourth-order valence-corrected chi connectivity index (χ4v) is 6.87. The molecule has 0 fully saturated rings. The minimum Gasteiger partial charge on any atom is -0.462 e. The van der Waals surface area contributed by atoms with Gasteiger partial charge in [-0.1, -0.05) is 163 Å². The first kappa shape index (κ1) is 59.2. The normalized spacial score (nSPS) is 14.2. The maximum atomic E-state index is 12.7. The molecule has 2 unspecified atom stereocenters. The van der Waals surface area contributed by atoms with Crippen molar-refractivity contribution in [2.45, 2.75) is 187 Å². The zero-order valence-corrected chi connectivity index (χ0v) is 41.0. The molecule has 0 aromatic heterocycles. The van der Waals surface area contributed by atoms with Crippen LogP contribution in [0.5, 0.6) is 0 Å². The quantitative estimate of drug-likeness (QED) is 0.0212. The predicted molar refractivity (Wildman–Crippen MR) is 261 cm³/mol. The number of rotatable bonds is 43. The maximum Gasteiger partial charge on any atom is 0.472 e. The van der Waals surface area contributed by atoms with Crippen LogP contribution in [-0.2, 0) is 32.7 Å². The van der Waals surface area contributed by atoms with Crippen molar-refractivity contribution in [2.24, 2.45) is 0 Å². The highest BCUT2D eigenvalue weighted by atomic mass is 31.2. The van der Waals surface area contributed by atoms with E-state index in [2.05, 4.69) is 98.9 Å². The summed E-state index contributed by atoms with van der Waals surface area (Å²) in [7, 11) is 1.44. The van der Waals surface area contributed by atoms with Crippen LogP contribution >= 0.6 is 7.82 Å². The van der Waals surface area contributed by atoms with E-state index in [0.29, 0.717) is 17.4 Å². The molecular weight excluding hydrogens is 798 g/mol. The molecule has 0 spiro atoms. The Kier molecular flexibility index (Phi) is 41.5. The summed E-state index contributed by atoms with van der Waals surface area (Å²) in [5.74, 6) is -0.835. The lowest BCUT2D eigenvalue weighted by Gasteiger charge is -2.24. The molecule has 0 aromatic rings. The SMILES string of the molecule is CC/C=C\C/C=C\C/C=C\C/C=C\CCCCCCCCC(=O)OC(COC(=O)CCCCCCCC/C=C\C/C=C\C/C=C\CCCCC)COP(=O)(O)OCC[N+](C)(C)C. The number of quaternary nitrogens is 1. The smallest absolute Gasteiger partial charge is 0.462 e. The third-order valence-corrected chi connectivity index (χ3v) is 10.9. The molecule has 1 N–H and O–H groups in total. The van der Waals surface area contributed by atoms with Crippen molar-refractivity contribution in [1.29, 1.82) is 0 Å². The molecule has 10 heteroatoms. The Bertz CT molecular complexity index is 1330. The first-order valence-corrected chi connectivity index (χ1v) is 25.8. The minimum absolute atomic E-state index is 0.0216. The molecule has 0 aliphatic heterocycles. The number of hydrogen-bond acceptors (Lipinski definition) is 7. The number of esters is 2. The molecule has 356 valence electrons. The zero-order chi connectivity index (χ0) is 45.7. The summed E-state index contributed by atoms with van der Waals surface area (Å²) in [6, 6.07) is 0. The van der Waals surface area contributed by atoms with E-state index >= 15 is 0 Å². The van der Waals surface area contributed by atoms with E-state index in [1.807, 2.05) is 21.1 Å². The number of phosphoric acid groups is 1. The second-order valence-electron chi connectivity index (χ2n) is 17.1. The summed E-state index contributed by atoms with van der Waals surface area (Å²) in [5, 5.41) is 0. The first-order valence-electron chi connectivity index (χ1n) is 24.3. The number of carbonyl (C=O) groups excluding carboxylic acids is 2. The zero-order valence-electron chi connectivity index (χ0n) is 40.1. The van der Waals surface area contributed by atoms with Crippen molar-refractivity contribution in [1.82, 2.24) is 0 Å². The van der Waals surface area contributed by atoms with Crippen molar-refractivity contribution in [2.75, 3.05) is 47.5 Å². The Balaban J connectivity index is 4.37. The molecule has 0 aliphatic carbocycles. The van der Waals surface area contributed by atoms with Gasteiger partial charge in [-0.05, 0) is 89.9 Å². The average molecular weight is 889 g/mol. The Hall–Kier alpha value is -2.81. The Morgan fingerprint density at radius 3 is 1.37 bits per heavy atom. The second kappa shape index (κ2) is 43.4. The Morgan fingerprint density at radius 1 is 0.516 bits per heavy atom. The molecule has 62 heavy (non-hydrogen) atoms. The number of phosphoric ester groups is 1. The molecule has 0 radical (unpaired) electrons. The predicted octanol–water partition coefficient (Wildman–Crippen LogP) is 14.4. The fourth-order valence-electron chi connectivity index (χ4n) is 6.13. The van der Waals surface area contributed by atoms with Gasteiger partial charge in [-0.2, -0.15) is 0 Å². The van der Waals surface area contributed by atoms with Crippen LogP contribution in [0.3, 0.4) is 0 Å². The summed E-state index contributed by atoms with van der Waals surface area (Å²) in [6.45, 7) is 4.24. The lowest BCUT2D eigenvalue weighted by atomic mass is 10.1. The molecule has 0 rings (SSSR count). The topological polar surface area (TPSA) is 108 Å². The minimum atomic E-state index is -4.39. The van der Waals surface area contributed by atoms with Gasteiger partial charge in [0, 0.05) is 12.8 Å². The molecular formula is C52H91NO8P+. The molecule has 2 atom stereocenters. The largest absolute Gasteiger partial charge is 0.472 e. The highest BCUT2D eigenvalue weighted by molar-refractivity contribution is 7.47. The third-order valence-electron chi connectivity index (χ3n) is 9.91. The molecule has 0 aromatic carbocycles. The van der Waals surface area contributed by atoms with Crippen LogP contribution in [-0.4, -0.2) is 74.9 Å². The monoisotopic (exact) mass is 889 g/mol. The van der Waals surface area contributed by atoms with Crippen LogP contribution in [0.25, 0.3) is 0 Å². The molecule has 0 saturated carbocycles. The van der Waals surface area contributed by atoms with Gasteiger partial charge in [0.25, 0.3) is 0 Å². The molecule has 0 amide bonds. The van der Waals surface area contributed by atoms with Gasteiger partial charge >= 0.3 is 19.8 Å². The number of carbonyl (C=O) groups is 2. The fraction of sp³-hybridized carbons (Fsp3) is 0.692. The van der Waals surface area contributed by atoms with Crippen LogP contribution in [0.2, 0.25) is 0 Å². The van der Waals surface area contributed by atoms with Gasteiger partial charge in [-0.15, -0.1) is 0 Å². The van der Waals surface area contributed by atoms with E-state index in [1.54, 1.807) is 0 Å². The van der Waals surface area contributed by atoms with Crippen LogP contribution in [0.15, 0.2) is 85.1 Å². The van der Waals surface area contributed by atoms with Crippen molar-refractivity contribution < 1.29 is 42.1 Å². The van der Waals surface area contributed by atoms with Crippen molar-refractivity contribution in [3.63, 3.8) is 0 Å². The van der Waals surface area contributed by atoms with Crippen LogP contribution in [0.4, 0.5) is 0 Å². The molecule has 0 saturated heterocycles. The highest BCUT2D eigenvalue weighted by Crippen LogP contribution is 2.43. The Labute approximate surface area is 380 Å². The van der Waals surface area contributed by atoms with E-state index in [1.165, 1.54) is 38.5 Å². The summed E-state index contributed by atoms with van der Waals surface area (Å²) in [6.07, 6.45) is 56.2. The molecule has 0 aliphatic rings. The highest BCUT2D eigenvalue weighted by Gasteiger charge is 2.27. The van der Waals surface area contributed by atoms with Crippen molar-refractivity contribution in [3.8, 4) is 0 Å². The van der Waals surface area contributed by atoms with Gasteiger partial charge < -0.3 is 18.9 Å². The Morgan fingerprint density at radius 2 is 0.919 bits per heavy atom. The van der Waals surface area contributed by atoms with Gasteiger partial charge in [-0.3, -0.25) is 18.6 Å².